The number of anilines is 1. The van der Waals surface area contributed by atoms with E-state index in [1.165, 1.54) is 12.1 Å². The number of imide groups is 1. The Balaban J connectivity index is 1.59. The van der Waals surface area contributed by atoms with E-state index >= 15 is 0 Å². The number of rotatable bonds is 2. The van der Waals surface area contributed by atoms with E-state index in [4.69, 9.17) is 14.2 Å². The number of carbonyl (C=O) groups is 2. The van der Waals surface area contributed by atoms with Crippen LogP contribution in [-0.2, 0) is 30.0 Å². The Labute approximate surface area is 151 Å². The van der Waals surface area contributed by atoms with Crippen LogP contribution in [0.15, 0.2) is 36.4 Å². The zero-order valence-electron chi connectivity index (χ0n) is 13.8. The average molecular weight is 381 g/mol. The standard InChI is InChI=1S/C18H14F3NO5/c19-18(20,21)9-3-1-2-4-10(9)22-14(23)12-11-5-6-17(27-11,13(12)15(22)24)16-25-7-8-26-16/h1-6,11-13,16H,7-8H2/t11-,12+,13-,17-/m1/s1. The van der Waals surface area contributed by atoms with Crippen molar-refractivity contribution in [3.8, 4) is 0 Å². The number of halogens is 3. The van der Waals surface area contributed by atoms with Gasteiger partial charge in [0.05, 0.1) is 42.4 Å². The molecule has 1 aromatic carbocycles. The number of hydrogen-bond acceptors (Lipinski definition) is 5. The van der Waals surface area contributed by atoms with Crippen molar-refractivity contribution in [1.82, 2.24) is 0 Å². The van der Waals surface area contributed by atoms with Crippen molar-refractivity contribution in [2.45, 2.75) is 24.2 Å². The largest absolute Gasteiger partial charge is 0.418 e. The van der Waals surface area contributed by atoms with E-state index in [1.807, 2.05) is 0 Å². The summed E-state index contributed by atoms with van der Waals surface area (Å²) < 4.78 is 57.1. The maximum atomic E-state index is 13.4. The minimum atomic E-state index is -4.70. The molecule has 27 heavy (non-hydrogen) atoms. The van der Waals surface area contributed by atoms with Gasteiger partial charge in [0.25, 0.3) is 0 Å². The molecule has 0 aliphatic carbocycles. The first kappa shape index (κ1) is 16.9. The van der Waals surface area contributed by atoms with Crippen LogP contribution in [0.25, 0.3) is 0 Å². The molecule has 4 aliphatic heterocycles. The molecule has 4 atom stereocenters. The van der Waals surface area contributed by atoms with Crippen molar-refractivity contribution in [1.29, 1.82) is 0 Å². The van der Waals surface area contributed by atoms with Crippen LogP contribution in [0, 0.1) is 11.8 Å². The van der Waals surface area contributed by atoms with Crippen LogP contribution < -0.4 is 4.90 Å². The summed E-state index contributed by atoms with van der Waals surface area (Å²) >= 11 is 0. The van der Waals surface area contributed by atoms with Crippen LogP contribution in [-0.4, -0.2) is 43.0 Å². The zero-order valence-corrected chi connectivity index (χ0v) is 13.8. The number of hydrogen-bond donors (Lipinski definition) is 0. The summed E-state index contributed by atoms with van der Waals surface area (Å²) in [6, 6.07) is 4.56. The van der Waals surface area contributed by atoms with Gasteiger partial charge in [-0.25, -0.2) is 4.90 Å². The van der Waals surface area contributed by atoms with Crippen molar-refractivity contribution in [2.24, 2.45) is 11.8 Å². The van der Waals surface area contributed by atoms with Crippen molar-refractivity contribution in [3.63, 3.8) is 0 Å². The fourth-order valence-electron chi connectivity index (χ4n) is 4.47. The second kappa shape index (κ2) is 5.40. The van der Waals surface area contributed by atoms with E-state index < -0.39 is 59.1 Å². The Hall–Kier alpha value is -2.23. The molecule has 0 saturated carbocycles. The normalized spacial score (nSPS) is 35.5. The quantitative estimate of drug-likeness (QED) is 0.578. The van der Waals surface area contributed by atoms with Gasteiger partial charge >= 0.3 is 6.18 Å². The first-order valence-electron chi connectivity index (χ1n) is 8.49. The molecular weight excluding hydrogens is 367 g/mol. The van der Waals surface area contributed by atoms with Crippen LogP contribution in [0.5, 0.6) is 0 Å². The van der Waals surface area contributed by atoms with Crippen LogP contribution in [0.4, 0.5) is 18.9 Å². The highest BCUT2D eigenvalue weighted by molar-refractivity contribution is 6.23. The second-order valence-electron chi connectivity index (χ2n) is 6.90. The molecule has 9 heteroatoms. The minimum Gasteiger partial charge on any atom is -0.357 e. The molecule has 0 aromatic heterocycles. The molecule has 0 N–H and O–H groups in total. The lowest BCUT2D eigenvalue weighted by molar-refractivity contribution is -0.180. The highest BCUT2D eigenvalue weighted by atomic mass is 19.4. The molecule has 3 saturated heterocycles. The van der Waals surface area contributed by atoms with E-state index in [-0.39, 0.29) is 0 Å². The van der Waals surface area contributed by atoms with Crippen LogP contribution in [0.2, 0.25) is 0 Å². The van der Waals surface area contributed by atoms with Gasteiger partial charge in [-0.15, -0.1) is 0 Å². The molecule has 5 rings (SSSR count). The molecule has 1 aromatic rings. The fourth-order valence-corrected chi connectivity index (χ4v) is 4.47. The van der Waals surface area contributed by atoms with Gasteiger partial charge in [0.2, 0.25) is 11.8 Å². The fraction of sp³-hybridized carbons (Fsp3) is 0.444. The van der Waals surface area contributed by atoms with E-state index in [9.17, 15) is 22.8 Å². The Bertz CT molecular complexity index is 863. The summed E-state index contributed by atoms with van der Waals surface area (Å²) in [5.74, 6) is -3.30. The number of alkyl halides is 3. The number of carbonyl (C=O) groups excluding carboxylic acids is 2. The number of fused-ring (bicyclic) bond motifs is 5. The molecule has 3 fully saturated rings. The minimum absolute atomic E-state index is 0.314. The number of para-hydroxylation sites is 1. The average Bonchev–Trinajstić information content (AvgIpc) is 3.38. The lowest BCUT2D eigenvalue weighted by Gasteiger charge is -2.32. The zero-order chi connectivity index (χ0) is 19.0. The highest BCUT2D eigenvalue weighted by Crippen LogP contribution is 2.55. The van der Waals surface area contributed by atoms with E-state index in [0.717, 1.165) is 12.1 Å². The van der Waals surface area contributed by atoms with Gasteiger partial charge in [0, 0.05) is 0 Å². The molecule has 0 unspecified atom stereocenters. The third-order valence-electron chi connectivity index (χ3n) is 5.52. The van der Waals surface area contributed by atoms with Crippen LogP contribution in [0.3, 0.4) is 0 Å². The van der Waals surface area contributed by atoms with Gasteiger partial charge in [-0.2, -0.15) is 13.2 Å². The maximum absolute atomic E-state index is 13.4. The molecule has 0 radical (unpaired) electrons. The smallest absolute Gasteiger partial charge is 0.357 e. The van der Waals surface area contributed by atoms with Gasteiger partial charge in [0.15, 0.2) is 11.9 Å². The van der Waals surface area contributed by atoms with Crippen LogP contribution >= 0.6 is 0 Å². The van der Waals surface area contributed by atoms with Crippen molar-refractivity contribution < 1.29 is 37.0 Å². The maximum Gasteiger partial charge on any atom is 0.418 e. The summed E-state index contributed by atoms with van der Waals surface area (Å²) in [6.45, 7) is 0.628. The van der Waals surface area contributed by atoms with Gasteiger partial charge in [-0.05, 0) is 18.2 Å². The van der Waals surface area contributed by atoms with E-state index in [1.54, 1.807) is 12.2 Å². The van der Waals surface area contributed by atoms with Crippen molar-refractivity contribution >= 4 is 17.5 Å². The molecule has 2 amide bonds. The monoisotopic (exact) mass is 381 g/mol. The third kappa shape index (κ3) is 2.13. The topological polar surface area (TPSA) is 65.1 Å². The number of amides is 2. The molecule has 2 bridgehead atoms. The molecule has 4 heterocycles. The van der Waals surface area contributed by atoms with Gasteiger partial charge < -0.3 is 14.2 Å². The summed E-state index contributed by atoms with van der Waals surface area (Å²) in [4.78, 5) is 26.8. The summed E-state index contributed by atoms with van der Waals surface area (Å²) in [6.07, 6.45) is -2.97. The number of benzene rings is 1. The Kier molecular flexibility index (Phi) is 3.38. The summed E-state index contributed by atoms with van der Waals surface area (Å²) in [5, 5.41) is 0. The molecule has 0 spiro atoms. The number of nitrogens with zero attached hydrogens (tertiary/aromatic N) is 1. The highest BCUT2D eigenvalue weighted by Gasteiger charge is 2.71. The van der Waals surface area contributed by atoms with E-state index in [0.29, 0.717) is 18.1 Å². The third-order valence-corrected chi connectivity index (χ3v) is 5.52. The van der Waals surface area contributed by atoms with Gasteiger partial charge in [-0.1, -0.05) is 18.2 Å². The predicted molar refractivity (Wildman–Crippen MR) is 83.4 cm³/mol. The molecule has 142 valence electrons. The number of ether oxygens (including phenoxy) is 3. The first-order valence-corrected chi connectivity index (χ1v) is 8.49. The van der Waals surface area contributed by atoms with Gasteiger partial charge in [0.1, 0.15) is 0 Å². The predicted octanol–water partition coefficient (Wildman–Crippen LogP) is 1.89. The Morgan fingerprint density at radius 1 is 1.07 bits per heavy atom. The molecule has 4 aliphatic rings. The Morgan fingerprint density at radius 3 is 2.48 bits per heavy atom. The van der Waals surface area contributed by atoms with Crippen LogP contribution in [0.1, 0.15) is 5.56 Å². The summed E-state index contributed by atoms with van der Waals surface area (Å²) in [7, 11) is 0. The summed E-state index contributed by atoms with van der Waals surface area (Å²) in [5.41, 5.74) is -2.78. The lowest BCUT2D eigenvalue weighted by Crippen LogP contribution is -2.49. The van der Waals surface area contributed by atoms with Crippen molar-refractivity contribution in [3.05, 3.63) is 42.0 Å². The van der Waals surface area contributed by atoms with Crippen molar-refractivity contribution in [2.75, 3.05) is 18.1 Å². The molecular formula is C18H14F3NO5. The Morgan fingerprint density at radius 2 is 1.78 bits per heavy atom. The first-order chi connectivity index (χ1) is 12.8. The SMILES string of the molecule is O=C1[C@H]2[C@H]3C=C[C@@](C4OCCO4)(O3)[C@H]2C(=O)N1c1ccccc1C(F)(F)F. The second-order valence-corrected chi connectivity index (χ2v) is 6.90. The molecule has 6 nitrogen and oxygen atoms in total. The van der Waals surface area contributed by atoms with E-state index in [2.05, 4.69) is 0 Å². The van der Waals surface area contributed by atoms with Gasteiger partial charge in [-0.3, -0.25) is 9.59 Å². The lowest BCUT2D eigenvalue weighted by atomic mass is 9.76.